The number of ether oxygens (including phenoxy) is 3. The van der Waals surface area contributed by atoms with Crippen LogP contribution >= 0.6 is 24.0 Å². The van der Waals surface area contributed by atoms with Crippen LogP contribution in [-0.4, -0.2) is 46.0 Å². The second-order valence-corrected chi connectivity index (χ2v) is 5.70. The van der Waals surface area contributed by atoms with E-state index >= 15 is 0 Å². The van der Waals surface area contributed by atoms with E-state index in [0.717, 1.165) is 18.1 Å². The highest BCUT2D eigenvalue weighted by Crippen LogP contribution is 2.27. The first-order valence-electron chi connectivity index (χ1n) is 7.74. The topological polar surface area (TPSA) is 64.1 Å². The molecule has 0 unspecified atom stereocenters. The molecule has 0 amide bonds. The van der Waals surface area contributed by atoms with Crippen molar-refractivity contribution in [1.82, 2.24) is 10.6 Å². The number of methoxy groups -OCH3 is 3. The number of rotatable bonds is 8. The molecule has 0 bridgehead atoms. The van der Waals surface area contributed by atoms with Crippen LogP contribution < -0.4 is 20.1 Å². The van der Waals surface area contributed by atoms with E-state index in [-0.39, 0.29) is 29.6 Å². The van der Waals surface area contributed by atoms with Crippen molar-refractivity contribution in [3.63, 3.8) is 0 Å². The van der Waals surface area contributed by atoms with Gasteiger partial charge in [-0.15, -0.1) is 24.0 Å². The van der Waals surface area contributed by atoms with Gasteiger partial charge in [-0.2, -0.15) is 0 Å². The maximum absolute atomic E-state index is 5.41. The van der Waals surface area contributed by atoms with Crippen LogP contribution in [0.3, 0.4) is 0 Å². The van der Waals surface area contributed by atoms with Gasteiger partial charge in [-0.3, -0.25) is 0 Å². The lowest BCUT2D eigenvalue weighted by Gasteiger charge is -2.24. The number of hydrogen-bond donors (Lipinski definition) is 2. The first kappa shape index (κ1) is 22.8. The van der Waals surface area contributed by atoms with Gasteiger partial charge in [0.1, 0.15) is 0 Å². The fourth-order valence-electron chi connectivity index (χ4n) is 1.86. The number of benzene rings is 1. The fraction of sp³-hybridized carbons (Fsp3) is 0.588. The van der Waals surface area contributed by atoms with Crippen LogP contribution in [0.2, 0.25) is 0 Å². The summed E-state index contributed by atoms with van der Waals surface area (Å²) in [4.78, 5) is 4.59. The number of halogens is 1. The van der Waals surface area contributed by atoms with Gasteiger partial charge in [-0.05, 0) is 38.5 Å². The summed E-state index contributed by atoms with van der Waals surface area (Å²) in [6.45, 7) is 8.10. The molecular formula is C17H30IN3O3. The minimum Gasteiger partial charge on any atom is -0.493 e. The van der Waals surface area contributed by atoms with Crippen molar-refractivity contribution in [3.05, 3.63) is 23.8 Å². The number of guanidine groups is 1. The molecule has 0 saturated carbocycles. The molecule has 0 saturated heterocycles. The molecule has 0 fully saturated rings. The van der Waals surface area contributed by atoms with Gasteiger partial charge in [0.15, 0.2) is 17.5 Å². The number of aliphatic imine (C=N–C) groups is 1. The van der Waals surface area contributed by atoms with Crippen LogP contribution in [0.4, 0.5) is 0 Å². The summed E-state index contributed by atoms with van der Waals surface area (Å²) in [6.07, 6.45) is 0. The third kappa shape index (κ3) is 7.57. The number of hydrogen-bond acceptors (Lipinski definition) is 4. The van der Waals surface area contributed by atoms with Gasteiger partial charge < -0.3 is 24.8 Å². The lowest BCUT2D eigenvalue weighted by molar-refractivity contribution is 0.0268. The summed E-state index contributed by atoms with van der Waals surface area (Å²) < 4.78 is 16.0. The average Bonchev–Trinajstić information content (AvgIpc) is 2.57. The van der Waals surface area contributed by atoms with Gasteiger partial charge in [-0.25, -0.2) is 4.99 Å². The highest BCUT2D eigenvalue weighted by atomic mass is 127. The summed E-state index contributed by atoms with van der Waals surface area (Å²) in [5.41, 5.74) is 0.797. The van der Waals surface area contributed by atoms with E-state index in [4.69, 9.17) is 14.2 Å². The lowest BCUT2D eigenvalue weighted by atomic mass is 10.1. The standard InChI is InChI=1S/C17H29N3O3.HI/c1-7-18-16(20-12-17(2,3)23-6)19-11-13-8-9-14(21-4)15(10-13)22-5;/h8-10H,7,11-12H2,1-6H3,(H2,18,19,20);1H. The smallest absolute Gasteiger partial charge is 0.191 e. The molecule has 6 nitrogen and oxygen atoms in total. The van der Waals surface area contributed by atoms with E-state index in [1.54, 1.807) is 21.3 Å². The van der Waals surface area contributed by atoms with Gasteiger partial charge in [-0.1, -0.05) is 6.07 Å². The first-order chi connectivity index (χ1) is 11.0. The van der Waals surface area contributed by atoms with E-state index in [0.29, 0.717) is 24.6 Å². The minimum atomic E-state index is -0.250. The SMILES string of the molecule is CCNC(=NCc1ccc(OC)c(OC)c1)NCC(C)(C)OC.I. The fourth-order valence-corrected chi connectivity index (χ4v) is 1.86. The second kappa shape index (κ2) is 11.4. The lowest BCUT2D eigenvalue weighted by Crippen LogP contribution is -2.45. The summed E-state index contributed by atoms with van der Waals surface area (Å²) in [5.74, 6) is 2.18. The van der Waals surface area contributed by atoms with Gasteiger partial charge in [0.2, 0.25) is 0 Å². The van der Waals surface area contributed by atoms with E-state index in [1.165, 1.54) is 0 Å². The Labute approximate surface area is 162 Å². The van der Waals surface area contributed by atoms with Crippen molar-refractivity contribution in [2.45, 2.75) is 32.9 Å². The second-order valence-electron chi connectivity index (χ2n) is 5.70. The Morgan fingerprint density at radius 2 is 1.75 bits per heavy atom. The molecule has 0 spiro atoms. The summed E-state index contributed by atoms with van der Waals surface area (Å²) in [5, 5.41) is 6.52. The van der Waals surface area contributed by atoms with Crippen molar-refractivity contribution >= 4 is 29.9 Å². The largest absolute Gasteiger partial charge is 0.493 e. The zero-order valence-electron chi connectivity index (χ0n) is 15.4. The van der Waals surface area contributed by atoms with Gasteiger partial charge >= 0.3 is 0 Å². The predicted molar refractivity (Wildman–Crippen MR) is 109 cm³/mol. The molecule has 0 aliphatic rings. The molecule has 1 aromatic carbocycles. The third-order valence-electron chi connectivity index (χ3n) is 3.45. The highest BCUT2D eigenvalue weighted by Gasteiger charge is 2.16. The minimum absolute atomic E-state index is 0. The van der Waals surface area contributed by atoms with Crippen LogP contribution in [0.25, 0.3) is 0 Å². The molecule has 1 aromatic rings. The maximum atomic E-state index is 5.41. The Hall–Kier alpha value is -1.22. The molecule has 138 valence electrons. The molecule has 7 heteroatoms. The Morgan fingerprint density at radius 1 is 1.08 bits per heavy atom. The van der Waals surface area contributed by atoms with Crippen LogP contribution in [0.1, 0.15) is 26.3 Å². The molecule has 1 rings (SSSR count). The van der Waals surface area contributed by atoms with Crippen molar-refractivity contribution < 1.29 is 14.2 Å². The van der Waals surface area contributed by atoms with Crippen LogP contribution in [-0.2, 0) is 11.3 Å². The Morgan fingerprint density at radius 3 is 2.29 bits per heavy atom. The molecule has 0 aliphatic heterocycles. The highest BCUT2D eigenvalue weighted by molar-refractivity contribution is 14.0. The monoisotopic (exact) mass is 451 g/mol. The normalized spacial score (nSPS) is 11.5. The summed E-state index contributed by atoms with van der Waals surface area (Å²) in [7, 11) is 4.96. The van der Waals surface area contributed by atoms with E-state index < -0.39 is 0 Å². The molecule has 0 heterocycles. The van der Waals surface area contributed by atoms with Crippen molar-refractivity contribution in [2.24, 2.45) is 4.99 Å². The van der Waals surface area contributed by atoms with Crippen LogP contribution in [0, 0.1) is 0 Å². The van der Waals surface area contributed by atoms with E-state index in [1.807, 2.05) is 39.0 Å². The summed E-state index contributed by atoms with van der Waals surface area (Å²) in [6, 6.07) is 5.80. The predicted octanol–water partition coefficient (Wildman–Crippen LogP) is 2.80. The van der Waals surface area contributed by atoms with Crippen molar-refractivity contribution in [2.75, 3.05) is 34.4 Å². The zero-order valence-corrected chi connectivity index (χ0v) is 17.8. The van der Waals surface area contributed by atoms with Crippen molar-refractivity contribution in [1.29, 1.82) is 0 Å². The molecule has 0 atom stereocenters. The molecule has 0 radical (unpaired) electrons. The quantitative estimate of drug-likeness (QED) is 0.362. The summed E-state index contributed by atoms with van der Waals surface area (Å²) >= 11 is 0. The van der Waals surface area contributed by atoms with E-state index in [2.05, 4.69) is 15.6 Å². The van der Waals surface area contributed by atoms with Crippen LogP contribution in [0.5, 0.6) is 11.5 Å². The third-order valence-corrected chi connectivity index (χ3v) is 3.45. The molecule has 0 aliphatic carbocycles. The zero-order chi connectivity index (χ0) is 17.3. The Bertz CT molecular complexity index is 522. The van der Waals surface area contributed by atoms with E-state index in [9.17, 15) is 0 Å². The molecule has 24 heavy (non-hydrogen) atoms. The average molecular weight is 451 g/mol. The van der Waals surface area contributed by atoms with Crippen LogP contribution in [0.15, 0.2) is 23.2 Å². The van der Waals surface area contributed by atoms with Gasteiger partial charge in [0, 0.05) is 20.2 Å². The van der Waals surface area contributed by atoms with Crippen molar-refractivity contribution in [3.8, 4) is 11.5 Å². The maximum Gasteiger partial charge on any atom is 0.191 e. The molecular weight excluding hydrogens is 421 g/mol. The first-order valence-corrected chi connectivity index (χ1v) is 7.74. The molecule has 0 aromatic heterocycles. The Kier molecular flexibility index (Phi) is 10.8. The Balaban J connectivity index is 0.00000529. The number of nitrogens with one attached hydrogen (secondary N) is 2. The molecule has 2 N–H and O–H groups in total. The van der Waals surface area contributed by atoms with Gasteiger partial charge in [0.05, 0.1) is 26.4 Å². The number of nitrogens with zero attached hydrogens (tertiary/aromatic N) is 1. The van der Waals surface area contributed by atoms with Gasteiger partial charge in [0.25, 0.3) is 0 Å².